The van der Waals surface area contributed by atoms with E-state index in [-0.39, 0.29) is 0 Å². The summed E-state index contributed by atoms with van der Waals surface area (Å²) in [4.78, 5) is 0. The third-order valence-electron chi connectivity index (χ3n) is 2.53. The molecule has 0 aliphatic heterocycles. The van der Waals surface area contributed by atoms with Crippen molar-refractivity contribution in [2.45, 2.75) is 0 Å². The van der Waals surface area contributed by atoms with Gasteiger partial charge in [0, 0.05) is 32.4 Å². The van der Waals surface area contributed by atoms with E-state index >= 15 is 0 Å². The zero-order valence-electron chi connectivity index (χ0n) is 9.65. The number of anilines is 2. The Kier molecular flexibility index (Phi) is 2.76. The van der Waals surface area contributed by atoms with Crippen LogP contribution in [0.3, 0.4) is 0 Å². The first-order chi connectivity index (χ1) is 7.76. The zero-order chi connectivity index (χ0) is 11.5. The van der Waals surface area contributed by atoms with Crippen LogP contribution in [0, 0.1) is 0 Å². The minimum atomic E-state index is 0.757. The molecular weight excluding hydrogens is 202 g/mol. The van der Waals surface area contributed by atoms with Crippen LogP contribution in [0.15, 0.2) is 24.3 Å². The van der Waals surface area contributed by atoms with E-state index in [9.17, 15) is 0 Å². The van der Waals surface area contributed by atoms with Gasteiger partial charge in [0.15, 0.2) is 5.82 Å². The van der Waals surface area contributed by atoms with Crippen molar-refractivity contribution >= 4 is 11.6 Å². The second-order valence-corrected chi connectivity index (χ2v) is 3.48. The highest BCUT2D eigenvalue weighted by molar-refractivity contribution is 5.61. The van der Waals surface area contributed by atoms with Gasteiger partial charge in [-0.2, -0.15) is 0 Å². The van der Waals surface area contributed by atoms with E-state index in [4.69, 9.17) is 0 Å². The van der Waals surface area contributed by atoms with Crippen molar-refractivity contribution in [2.24, 2.45) is 7.05 Å². The van der Waals surface area contributed by atoms with Crippen LogP contribution in [0.25, 0.3) is 11.4 Å². The van der Waals surface area contributed by atoms with Crippen LogP contribution in [0.4, 0.5) is 11.6 Å². The van der Waals surface area contributed by atoms with Crippen LogP contribution in [0.1, 0.15) is 0 Å². The smallest absolute Gasteiger partial charge is 0.224 e. The van der Waals surface area contributed by atoms with Crippen molar-refractivity contribution in [1.82, 2.24) is 14.8 Å². The number of hydrogen-bond acceptors (Lipinski definition) is 4. The van der Waals surface area contributed by atoms with Crippen molar-refractivity contribution in [2.75, 3.05) is 24.7 Å². The lowest BCUT2D eigenvalue weighted by atomic mass is 10.2. The van der Waals surface area contributed by atoms with Gasteiger partial charge >= 0.3 is 0 Å². The molecule has 0 saturated carbocycles. The maximum atomic E-state index is 4.14. The molecule has 0 bridgehead atoms. The fourth-order valence-corrected chi connectivity index (χ4v) is 1.58. The Balaban J connectivity index is 2.38. The molecule has 0 aliphatic rings. The molecule has 0 atom stereocenters. The van der Waals surface area contributed by atoms with Crippen LogP contribution in [0.2, 0.25) is 0 Å². The van der Waals surface area contributed by atoms with Crippen LogP contribution in [-0.2, 0) is 7.05 Å². The summed E-state index contributed by atoms with van der Waals surface area (Å²) >= 11 is 0. The van der Waals surface area contributed by atoms with E-state index in [1.807, 2.05) is 50.0 Å². The lowest BCUT2D eigenvalue weighted by Gasteiger charge is -2.04. The minimum Gasteiger partial charge on any atom is -0.388 e. The zero-order valence-corrected chi connectivity index (χ0v) is 9.65. The highest BCUT2D eigenvalue weighted by atomic mass is 15.3. The van der Waals surface area contributed by atoms with Crippen LogP contribution in [0.5, 0.6) is 0 Å². The quantitative estimate of drug-likeness (QED) is 0.819. The molecule has 0 saturated heterocycles. The molecule has 2 rings (SSSR count). The van der Waals surface area contributed by atoms with Crippen molar-refractivity contribution in [3.8, 4) is 11.4 Å². The summed E-state index contributed by atoms with van der Waals surface area (Å²) in [7, 11) is 5.67. The van der Waals surface area contributed by atoms with Crippen molar-refractivity contribution in [3.05, 3.63) is 24.3 Å². The Morgan fingerprint density at radius 3 is 2.19 bits per heavy atom. The molecule has 5 nitrogen and oxygen atoms in total. The Bertz CT molecular complexity index is 472. The minimum absolute atomic E-state index is 0.757. The Labute approximate surface area is 94.5 Å². The number of hydrogen-bond donors (Lipinski definition) is 2. The van der Waals surface area contributed by atoms with Crippen molar-refractivity contribution in [1.29, 1.82) is 0 Å². The number of aromatic nitrogens is 3. The van der Waals surface area contributed by atoms with Crippen molar-refractivity contribution < 1.29 is 0 Å². The summed E-state index contributed by atoms with van der Waals surface area (Å²) in [5.41, 5.74) is 2.13. The summed E-state index contributed by atoms with van der Waals surface area (Å²) in [6, 6.07) is 8.08. The molecule has 2 N–H and O–H groups in total. The summed E-state index contributed by atoms with van der Waals surface area (Å²) in [6.45, 7) is 0. The Hall–Kier alpha value is -2.04. The summed E-state index contributed by atoms with van der Waals surface area (Å²) in [6.07, 6.45) is 0. The third-order valence-corrected chi connectivity index (χ3v) is 2.53. The second kappa shape index (κ2) is 4.22. The lowest BCUT2D eigenvalue weighted by molar-refractivity contribution is 0.925. The van der Waals surface area contributed by atoms with E-state index in [1.54, 1.807) is 0 Å². The molecule has 2 aromatic rings. The average molecular weight is 217 g/mol. The molecular formula is C11H15N5. The summed E-state index contributed by atoms with van der Waals surface area (Å²) < 4.78 is 1.92. The van der Waals surface area contributed by atoms with Crippen molar-refractivity contribution in [3.63, 3.8) is 0 Å². The predicted molar refractivity (Wildman–Crippen MR) is 65.5 cm³/mol. The van der Waals surface area contributed by atoms with E-state index in [1.165, 1.54) is 0 Å². The maximum absolute atomic E-state index is 4.14. The van der Waals surface area contributed by atoms with Gasteiger partial charge in [-0.3, -0.25) is 4.57 Å². The fraction of sp³-hybridized carbons (Fsp3) is 0.273. The normalized spacial score (nSPS) is 10.2. The molecule has 0 fully saturated rings. The van der Waals surface area contributed by atoms with Crippen LogP contribution >= 0.6 is 0 Å². The molecule has 0 radical (unpaired) electrons. The molecule has 1 aromatic heterocycles. The van der Waals surface area contributed by atoms with E-state index in [0.29, 0.717) is 0 Å². The standard InChI is InChI=1S/C11H15N5/c1-12-9-6-4-8(5-7-9)10-14-15-11(13-2)16(10)3/h4-7,12H,1-3H3,(H,13,15). The molecule has 0 aliphatic carbocycles. The first-order valence-electron chi connectivity index (χ1n) is 5.11. The van der Waals surface area contributed by atoms with Gasteiger partial charge in [0.25, 0.3) is 0 Å². The fourth-order valence-electron chi connectivity index (χ4n) is 1.58. The first-order valence-corrected chi connectivity index (χ1v) is 5.11. The average Bonchev–Trinajstić information content (AvgIpc) is 2.70. The Morgan fingerprint density at radius 2 is 1.69 bits per heavy atom. The second-order valence-electron chi connectivity index (χ2n) is 3.48. The van der Waals surface area contributed by atoms with Gasteiger partial charge in [0.1, 0.15) is 0 Å². The monoisotopic (exact) mass is 217 g/mol. The molecule has 0 amide bonds. The van der Waals surface area contributed by atoms with E-state index in [0.717, 1.165) is 23.0 Å². The number of rotatable bonds is 3. The molecule has 1 heterocycles. The first kappa shape index (κ1) is 10.5. The third kappa shape index (κ3) is 1.71. The van der Waals surface area contributed by atoms with Gasteiger partial charge < -0.3 is 10.6 Å². The molecule has 0 spiro atoms. The van der Waals surface area contributed by atoms with Gasteiger partial charge in [0.2, 0.25) is 5.95 Å². The SMILES string of the molecule is CNc1ccc(-c2nnc(NC)n2C)cc1. The van der Waals surface area contributed by atoms with Crippen LogP contribution < -0.4 is 10.6 Å². The Morgan fingerprint density at radius 1 is 1.00 bits per heavy atom. The summed E-state index contributed by atoms with van der Waals surface area (Å²) in [5, 5.41) is 14.2. The van der Waals surface area contributed by atoms with Gasteiger partial charge in [-0.1, -0.05) is 0 Å². The highest BCUT2D eigenvalue weighted by Gasteiger charge is 2.08. The predicted octanol–water partition coefficient (Wildman–Crippen LogP) is 1.57. The maximum Gasteiger partial charge on any atom is 0.224 e. The van der Waals surface area contributed by atoms with E-state index < -0.39 is 0 Å². The van der Waals surface area contributed by atoms with Gasteiger partial charge in [0.05, 0.1) is 0 Å². The lowest BCUT2D eigenvalue weighted by Crippen LogP contribution is -1.99. The molecule has 84 valence electrons. The number of nitrogens with zero attached hydrogens (tertiary/aromatic N) is 3. The van der Waals surface area contributed by atoms with Crippen LogP contribution in [-0.4, -0.2) is 28.9 Å². The highest BCUT2D eigenvalue weighted by Crippen LogP contribution is 2.20. The molecule has 16 heavy (non-hydrogen) atoms. The molecule has 1 aromatic carbocycles. The topological polar surface area (TPSA) is 54.8 Å². The number of benzene rings is 1. The van der Waals surface area contributed by atoms with Gasteiger partial charge in [-0.05, 0) is 24.3 Å². The molecule has 0 unspecified atom stereocenters. The van der Waals surface area contributed by atoms with E-state index in [2.05, 4.69) is 20.8 Å². The largest absolute Gasteiger partial charge is 0.388 e. The number of nitrogens with one attached hydrogen (secondary N) is 2. The summed E-state index contributed by atoms with van der Waals surface area (Å²) in [5.74, 6) is 1.61. The van der Waals surface area contributed by atoms with Gasteiger partial charge in [-0.25, -0.2) is 0 Å². The van der Waals surface area contributed by atoms with Gasteiger partial charge in [-0.15, -0.1) is 10.2 Å². The molecule has 5 heteroatoms.